The van der Waals surface area contributed by atoms with Crippen LogP contribution in [0.3, 0.4) is 0 Å². The molecule has 0 unspecified atom stereocenters. The Hall–Kier alpha value is -1.39. The van der Waals surface area contributed by atoms with E-state index in [4.69, 9.17) is 5.73 Å². The molecule has 4 nitrogen and oxygen atoms in total. The lowest BCUT2D eigenvalue weighted by atomic mass is 10.1. The van der Waals surface area contributed by atoms with Gasteiger partial charge >= 0.3 is 0 Å². The van der Waals surface area contributed by atoms with Gasteiger partial charge in [0, 0.05) is 13.1 Å². The summed E-state index contributed by atoms with van der Waals surface area (Å²) in [6.07, 6.45) is 4.69. The molecule has 0 spiro atoms. The minimum absolute atomic E-state index is 0.0689. The Balaban J connectivity index is 2.26. The number of hydrogen-bond donors (Lipinski definition) is 1. The van der Waals surface area contributed by atoms with E-state index in [2.05, 4.69) is 9.97 Å². The van der Waals surface area contributed by atoms with Crippen molar-refractivity contribution in [2.45, 2.75) is 19.3 Å². The Labute approximate surface area is 82.0 Å². The first-order valence-corrected chi connectivity index (χ1v) is 4.80. The van der Waals surface area contributed by atoms with Crippen LogP contribution in [0.2, 0.25) is 0 Å². The number of halogens is 1. The average molecular weight is 196 g/mol. The van der Waals surface area contributed by atoms with Crippen LogP contribution in [-0.2, 0) is 0 Å². The molecule has 0 saturated carbocycles. The maximum Gasteiger partial charge on any atom is 0.207 e. The molecule has 1 aromatic heterocycles. The molecular formula is C9H13FN4. The van der Waals surface area contributed by atoms with Crippen LogP contribution in [0, 0.1) is 5.82 Å². The summed E-state index contributed by atoms with van der Waals surface area (Å²) in [5, 5.41) is 0. The van der Waals surface area contributed by atoms with Crippen LogP contribution in [0.1, 0.15) is 19.3 Å². The van der Waals surface area contributed by atoms with Gasteiger partial charge in [-0.2, -0.15) is 4.39 Å². The number of anilines is 2. The Morgan fingerprint density at radius 3 is 2.64 bits per heavy atom. The zero-order chi connectivity index (χ0) is 9.97. The van der Waals surface area contributed by atoms with Gasteiger partial charge in [0.05, 0.1) is 0 Å². The van der Waals surface area contributed by atoms with Crippen LogP contribution in [0.5, 0.6) is 0 Å². The molecule has 1 saturated heterocycles. The van der Waals surface area contributed by atoms with Crippen LogP contribution in [0.4, 0.5) is 16.0 Å². The number of piperidine rings is 1. The Morgan fingerprint density at radius 1 is 1.21 bits per heavy atom. The van der Waals surface area contributed by atoms with E-state index in [0.29, 0.717) is 5.82 Å². The third-order valence-electron chi connectivity index (χ3n) is 2.45. The van der Waals surface area contributed by atoms with E-state index in [9.17, 15) is 4.39 Å². The average Bonchev–Trinajstić information content (AvgIpc) is 2.23. The van der Waals surface area contributed by atoms with E-state index in [0.717, 1.165) is 25.9 Å². The summed E-state index contributed by atoms with van der Waals surface area (Å²) in [4.78, 5) is 9.45. The number of nitrogens with two attached hydrogens (primary N) is 1. The molecule has 1 aromatic rings. The molecule has 76 valence electrons. The lowest BCUT2D eigenvalue weighted by molar-refractivity contribution is 0.548. The SMILES string of the molecule is Nc1ncnc(N2CCCCC2)c1F. The summed E-state index contributed by atoms with van der Waals surface area (Å²) < 4.78 is 13.5. The molecule has 0 aromatic carbocycles. The predicted octanol–water partition coefficient (Wildman–Crippen LogP) is 1.19. The number of hydrogen-bond acceptors (Lipinski definition) is 4. The maximum atomic E-state index is 13.5. The fourth-order valence-electron chi connectivity index (χ4n) is 1.70. The van der Waals surface area contributed by atoms with Crippen molar-refractivity contribution in [1.29, 1.82) is 0 Å². The quantitative estimate of drug-likeness (QED) is 0.733. The normalized spacial score (nSPS) is 17.1. The number of nitrogen functional groups attached to an aromatic ring is 1. The molecule has 2 rings (SSSR count). The number of nitrogens with zero attached hydrogens (tertiary/aromatic N) is 3. The maximum absolute atomic E-state index is 13.5. The van der Waals surface area contributed by atoms with Crippen molar-refractivity contribution in [1.82, 2.24) is 9.97 Å². The topological polar surface area (TPSA) is 55.0 Å². The summed E-state index contributed by atoms with van der Waals surface area (Å²) in [5.74, 6) is -0.216. The zero-order valence-corrected chi connectivity index (χ0v) is 7.91. The molecular weight excluding hydrogens is 183 g/mol. The molecule has 14 heavy (non-hydrogen) atoms. The summed E-state index contributed by atoms with van der Waals surface area (Å²) in [6.45, 7) is 1.71. The molecule has 0 bridgehead atoms. The third kappa shape index (κ3) is 1.62. The first-order valence-electron chi connectivity index (χ1n) is 4.80. The predicted molar refractivity (Wildman–Crippen MR) is 52.5 cm³/mol. The van der Waals surface area contributed by atoms with E-state index in [1.54, 1.807) is 0 Å². The van der Waals surface area contributed by atoms with Crippen molar-refractivity contribution in [3.8, 4) is 0 Å². The molecule has 1 aliphatic heterocycles. The van der Waals surface area contributed by atoms with Gasteiger partial charge in [-0.05, 0) is 19.3 Å². The van der Waals surface area contributed by atoms with E-state index in [1.807, 2.05) is 4.90 Å². The molecule has 0 radical (unpaired) electrons. The van der Waals surface area contributed by atoms with Gasteiger partial charge in [-0.15, -0.1) is 0 Å². The minimum atomic E-state index is -0.491. The number of aromatic nitrogens is 2. The van der Waals surface area contributed by atoms with Crippen molar-refractivity contribution in [2.75, 3.05) is 23.7 Å². The molecule has 0 atom stereocenters. The van der Waals surface area contributed by atoms with Crippen LogP contribution in [0.25, 0.3) is 0 Å². The first kappa shape index (κ1) is 9.18. The monoisotopic (exact) mass is 196 g/mol. The van der Waals surface area contributed by atoms with Crippen LogP contribution in [-0.4, -0.2) is 23.1 Å². The highest BCUT2D eigenvalue weighted by Crippen LogP contribution is 2.22. The molecule has 5 heteroatoms. The highest BCUT2D eigenvalue weighted by atomic mass is 19.1. The smallest absolute Gasteiger partial charge is 0.207 e. The van der Waals surface area contributed by atoms with Crippen molar-refractivity contribution in [2.24, 2.45) is 0 Å². The van der Waals surface area contributed by atoms with Crippen molar-refractivity contribution < 1.29 is 4.39 Å². The summed E-state index contributed by atoms with van der Waals surface area (Å²) in [7, 11) is 0. The fourth-order valence-corrected chi connectivity index (χ4v) is 1.70. The summed E-state index contributed by atoms with van der Waals surface area (Å²) in [6, 6.07) is 0. The van der Waals surface area contributed by atoms with Gasteiger partial charge < -0.3 is 10.6 Å². The zero-order valence-electron chi connectivity index (χ0n) is 7.91. The van der Waals surface area contributed by atoms with E-state index < -0.39 is 5.82 Å². The Kier molecular flexibility index (Phi) is 2.47. The van der Waals surface area contributed by atoms with Gasteiger partial charge in [0.1, 0.15) is 6.33 Å². The summed E-state index contributed by atoms with van der Waals surface area (Å²) >= 11 is 0. The lowest BCUT2D eigenvalue weighted by Crippen LogP contribution is -2.31. The highest BCUT2D eigenvalue weighted by Gasteiger charge is 2.17. The standard InChI is InChI=1S/C9H13FN4/c10-7-8(11)12-6-13-9(7)14-4-2-1-3-5-14/h6H,1-5H2,(H2,11,12,13). The van der Waals surface area contributed by atoms with Crippen LogP contribution >= 0.6 is 0 Å². The van der Waals surface area contributed by atoms with Crippen LogP contribution in [0.15, 0.2) is 6.33 Å². The fraction of sp³-hybridized carbons (Fsp3) is 0.556. The highest BCUT2D eigenvalue weighted by molar-refractivity contribution is 5.48. The molecule has 1 fully saturated rings. The second-order valence-corrected chi connectivity index (χ2v) is 3.44. The molecule has 2 N–H and O–H groups in total. The largest absolute Gasteiger partial charge is 0.381 e. The Bertz CT molecular complexity index is 323. The lowest BCUT2D eigenvalue weighted by Gasteiger charge is -2.27. The third-order valence-corrected chi connectivity index (χ3v) is 2.45. The summed E-state index contributed by atoms with van der Waals surface area (Å²) in [5.41, 5.74) is 5.37. The Morgan fingerprint density at radius 2 is 1.93 bits per heavy atom. The van der Waals surface area contributed by atoms with Gasteiger partial charge in [0.25, 0.3) is 0 Å². The van der Waals surface area contributed by atoms with Crippen molar-refractivity contribution in [3.05, 3.63) is 12.1 Å². The van der Waals surface area contributed by atoms with Gasteiger partial charge in [-0.1, -0.05) is 0 Å². The van der Waals surface area contributed by atoms with E-state index in [1.165, 1.54) is 12.7 Å². The number of rotatable bonds is 1. The second kappa shape index (κ2) is 3.77. The molecule has 1 aliphatic rings. The van der Waals surface area contributed by atoms with Gasteiger partial charge in [-0.3, -0.25) is 0 Å². The van der Waals surface area contributed by atoms with Gasteiger partial charge in [-0.25, -0.2) is 9.97 Å². The second-order valence-electron chi connectivity index (χ2n) is 3.44. The molecule has 0 amide bonds. The van der Waals surface area contributed by atoms with Gasteiger partial charge in [0.2, 0.25) is 5.82 Å². The minimum Gasteiger partial charge on any atom is -0.381 e. The van der Waals surface area contributed by atoms with E-state index in [-0.39, 0.29) is 5.82 Å². The van der Waals surface area contributed by atoms with Crippen molar-refractivity contribution in [3.63, 3.8) is 0 Å². The molecule has 2 heterocycles. The first-order chi connectivity index (χ1) is 6.79. The van der Waals surface area contributed by atoms with Crippen molar-refractivity contribution >= 4 is 11.6 Å². The van der Waals surface area contributed by atoms with Crippen LogP contribution < -0.4 is 10.6 Å². The molecule has 0 aliphatic carbocycles. The van der Waals surface area contributed by atoms with Gasteiger partial charge in [0.15, 0.2) is 11.6 Å². The van der Waals surface area contributed by atoms with E-state index >= 15 is 0 Å².